The number of carbonyl (C=O) groups is 1. The number of aryl methyl sites for hydroxylation is 2. The monoisotopic (exact) mass is 406 g/mol. The molecule has 0 saturated heterocycles. The van der Waals surface area contributed by atoms with E-state index in [0.29, 0.717) is 5.16 Å². The van der Waals surface area contributed by atoms with Gasteiger partial charge in [0.2, 0.25) is 5.91 Å². The summed E-state index contributed by atoms with van der Waals surface area (Å²) in [5.41, 5.74) is 4.81. The van der Waals surface area contributed by atoms with E-state index < -0.39 is 0 Å². The number of benzene rings is 2. The van der Waals surface area contributed by atoms with Gasteiger partial charge in [0.1, 0.15) is 5.75 Å². The van der Waals surface area contributed by atoms with Crippen LogP contribution in [0.25, 0.3) is 16.6 Å². The van der Waals surface area contributed by atoms with E-state index in [1.54, 1.807) is 7.11 Å². The van der Waals surface area contributed by atoms with Gasteiger partial charge >= 0.3 is 0 Å². The maximum atomic E-state index is 12.5. The summed E-state index contributed by atoms with van der Waals surface area (Å²) >= 11 is 1.37. The average Bonchev–Trinajstić information content (AvgIpc) is 3.15. The number of aromatic nitrogens is 3. The van der Waals surface area contributed by atoms with E-state index in [1.165, 1.54) is 11.8 Å². The minimum absolute atomic E-state index is 0.0679. The van der Waals surface area contributed by atoms with E-state index in [0.717, 1.165) is 45.5 Å². The quantitative estimate of drug-likeness (QED) is 0.478. The summed E-state index contributed by atoms with van der Waals surface area (Å²) in [6, 6.07) is 15.8. The first kappa shape index (κ1) is 19.3. The van der Waals surface area contributed by atoms with Gasteiger partial charge in [0.25, 0.3) is 0 Å². The van der Waals surface area contributed by atoms with E-state index in [4.69, 9.17) is 4.74 Å². The zero-order valence-corrected chi connectivity index (χ0v) is 17.4. The van der Waals surface area contributed by atoms with Gasteiger partial charge in [0.05, 0.1) is 18.4 Å². The van der Waals surface area contributed by atoms with E-state index in [1.807, 2.05) is 52.9 Å². The van der Waals surface area contributed by atoms with Crippen molar-refractivity contribution in [3.63, 3.8) is 0 Å². The second-order valence-corrected chi connectivity index (χ2v) is 7.68. The van der Waals surface area contributed by atoms with Crippen molar-refractivity contribution in [2.75, 3.05) is 18.2 Å². The first-order valence-corrected chi connectivity index (χ1v) is 10.4. The second kappa shape index (κ2) is 8.13. The van der Waals surface area contributed by atoms with E-state index in [9.17, 15) is 4.79 Å². The van der Waals surface area contributed by atoms with Crippen molar-refractivity contribution in [2.24, 2.45) is 0 Å². The molecule has 1 amide bonds. The lowest BCUT2D eigenvalue weighted by molar-refractivity contribution is -0.113. The Kier molecular flexibility index (Phi) is 5.40. The summed E-state index contributed by atoms with van der Waals surface area (Å²) in [5.74, 6) is 0.947. The third-order valence-corrected chi connectivity index (χ3v) is 5.81. The van der Waals surface area contributed by atoms with Gasteiger partial charge in [-0.05, 0) is 48.7 Å². The minimum Gasteiger partial charge on any atom is -0.497 e. The molecule has 0 aliphatic rings. The number of carbonyl (C=O) groups excluding carboxylic acids is 1. The fraction of sp³-hybridized carbons (Fsp3) is 0.227. The van der Waals surface area contributed by atoms with E-state index >= 15 is 0 Å². The van der Waals surface area contributed by atoms with Crippen molar-refractivity contribution in [3.8, 4) is 5.75 Å². The largest absolute Gasteiger partial charge is 0.497 e. The maximum absolute atomic E-state index is 12.5. The molecule has 0 atom stereocenters. The van der Waals surface area contributed by atoms with Crippen LogP contribution in [0.3, 0.4) is 0 Å². The van der Waals surface area contributed by atoms with Crippen LogP contribution in [0.15, 0.2) is 53.7 Å². The summed E-state index contributed by atoms with van der Waals surface area (Å²) < 4.78 is 7.36. The van der Waals surface area contributed by atoms with Crippen LogP contribution in [0, 0.1) is 6.92 Å². The molecule has 4 rings (SSSR count). The molecule has 2 aromatic carbocycles. The van der Waals surface area contributed by atoms with Gasteiger partial charge in [-0.3, -0.25) is 9.20 Å². The Labute approximate surface area is 173 Å². The maximum Gasteiger partial charge on any atom is 0.234 e. The molecule has 7 heteroatoms. The van der Waals surface area contributed by atoms with E-state index in [2.05, 4.69) is 29.4 Å². The normalized spacial score (nSPS) is 11.1. The van der Waals surface area contributed by atoms with Crippen LogP contribution in [0.2, 0.25) is 0 Å². The van der Waals surface area contributed by atoms with Crippen LogP contribution in [0.1, 0.15) is 18.1 Å². The summed E-state index contributed by atoms with van der Waals surface area (Å²) in [5, 5.41) is 13.4. The fourth-order valence-corrected chi connectivity index (χ4v) is 4.14. The standard InChI is InChI=1S/C22H22N4O2S/c1-4-15-7-5-6-8-18(15)23-21(27)13-29-22-25-24-20-11-14(2)17-10-9-16(28-3)12-19(17)26(20)22/h5-12H,4,13H2,1-3H3,(H,23,27). The molecular weight excluding hydrogens is 384 g/mol. The molecule has 0 unspecified atom stereocenters. The number of hydrogen-bond donors (Lipinski definition) is 1. The number of thioether (sulfide) groups is 1. The number of hydrogen-bond acceptors (Lipinski definition) is 5. The summed E-state index contributed by atoms with van der Waals surface area (Å²) in [7, 11) is 1.65. The molecule has 29 heavy (non-hydrogen) atoms. The van der Waals surface area contributed by atoms with Gasteiger partial charge in [-0.1, -0.05) is 36.9 Å². The van der Waals surface area contributed by atoms with Crippen LogP contribution in [0.4, 0.5) is 5.69 Å². The van der Waals surface area contributed by atoms with Gasteiger partial charge in [-0.15, -0.1) is 10.2 Å². The van der Waals surface area contributed by atoms with Crippen molar-refractivity contribution in [1.82, 2.24) is 14.6 Å². The molecule has 0 spiro atoms. The Morgan fingerprint density at radius 2 is 2.00 bits per heavy atom. The SMILES string of the molecule is CCc1ccccc1NC(=O)CSc1nnc2cc(C)c3ccc(OC)cc3n12. The summed E-state index contributed by atoms with van der Waals surface area (Å²) in [4.78, 5) is 12.5. The molecule has 0 saturated carbocycles. The lowest BCUT2D eigenvalue weighted by Crippen LogP contribution is -2.15. The number of methoxy groups -OCH3 is 1. The van der Waals surface area contributed by atoms with Crippen LogP contribution < -0.4 is 10.1 Å². The average molecular weight is 407 g/mol. The smallest absolute Gasteiger partial charge is 0.234 e. The molecule has 2 heterocycles. The van der Waals surface area contributed by atoms with Gasteiger partial charge in [-0.2, -0.15) is 0 Å². The highest BCUT2D eigenvalue weighted by Crippen LogP contribution is 2.28. The van der Waals surface area contributed by atoms with Crippen molar-refractivity contribution < 1.29 is 9.53 Å². The third-order valence-electron chi connectivity index (χ3n) is 4.88. The molecule has 6 nitrogen and oxygen atoms in total. The molecule has 4 aromatic rings. The number of fused-ring (bicyclic) bond motifs is 3. The number of para-hydroxylation sites is 1. The highest BCUT2D eigenvalue weighted by atomic mass is 32.2. The fourth-order valence-electron chi connectivity index (χ4n) is 3.39. The lowest BCUT2D eigenvalue weighted by Gasteiger charge is -2.10. The van der Waals surface area contributed by atoms with Gasteiger partial charge in [0.15, 0.2) is 10.8 Å². The zero-order valence-electron chi connectivity index (χ0n) is 16.6. The molecule has 0 aliphatic carbocycles. The molecule has 0 aliphatic heterocycles. The van der Waals surface area contributed by atoms with E-state index in [-0.39, 0.29) is 11.7 Å². The zero-order chi connectivity index (χ0) is 20.4. The van der Waals surface area contributed by atoms with Crippen molar-refractivity contribution in [1.29, 1.82) is 0 Å². The number of nitrogens with one attached hydrogen (secondary N) is 1. The first-order chi connectivity index (χ1) is 14.1. The molecule has 2 aromatic heterocycles. The lowest BCUT2D eigenvalue weighted by atomic mass is 10.1. The molecule has 1 N–H and O–H groups in total. The number of rotatable bonds is 6. The number of ether oxygens (including phenoxy) is 1. The highest BCUT2D eigenvalue weighted by molar-refractivity contribution is 7.99. The van der Waals surface area contributed by atoms with Crippen LogP contribution >= 0.6 is 11.8 Å². The summed E-state index contributed by atoms with van der Waals surface area (Å²) in [6.07, 6.45) is 0.867. The van der Waals surface area contributed by atoms with Crippen LogP contribution in [-0.2, 0) is 11.2 Å². The first-order valence-electron chi connectivity index (χ1n) is 9.43. The number of amides is 1. The van der Waals surface area contributed by atoms with Crippen LogP contribution in [-0.4, -0.2) is 33.4 Å². The van der Waals surface area contributed by atoms with Gasteiger partial charge in [0, 0.05) is 17.1 Å². The predicted molar refractivity (Wildman–Crippen MR) is 117 cm³/mol. The minimum atomic E-state index is -0.0679. The topological polar surface area (TPSA) is 68.5 Å². The molecular formula is C22H22N4O2S. The van der Waals surface area contributed by atoms with Gasteiger partial charge in [-0.25, -0.2) is 0 Å². The van der Waals surface area contributed by atoms with Crippen molar-refractivity contribution >= 4 is 39.9 Å². The van der Waals surface area contributed by atoms with Crippen LogP contribution in [0.5, 0.6) is 5.75 Å². The van der Waals surface area contributed by atoms with Crippen molar-refractivity contribution in [2.45, 2.75) is 25.4 Å². The molecule has 0 radical (unpaired) electrons. The van der Waals surface area contributed by atoms with Crippen molar-refractivity contribution in [3.05, 3.63) is 59.7 Å². The van der Waals surface area contributed by atoms with Gasteiger partial charge < -0.3 is 10.1 Å². The Hall–Kier alpha value is -3.06. The number of pyridine rings is 1. The number of anilines is 1. The Balaban J connectivity index is 1.61. The second-order valence-electron chi connectivity index (χ2n) is 6.73. The predicted octanol–water partition coefficient (Wildman–Crippen LogP) is 4.49. The number of nitrogens with zero attached hydrogens (tertiary/aromatic N) is 3. The molecule has 0 fully saturated rings. The Bertz CT molecular complexity index is 1200. The molecule has 0 bridgehead atoms. The highest BCUT2D eigenvalue weighted by Gasteiger charge is 2.14. The summed E-state index contributed by atoms with van der Waals surface area (Å²) in [6.45, 7) is 4.12. The third kappa shape index (κ3) is 3.78. The molecule has 148 valence electrons. The Morgan fingerprint density at radius 3 is 2.79 bits per heavy atom. The Morgan fingerprint density at radius 1 is 1.17 bits per heavy atom.